The lowest BCUT2D eigenvalue weighted by Gasteiger charge is -2.30. The maximum absolute atomic E-state index is 6.00. The van der Waals surface area contributed by atoms with Crippen LogP contribution in [0.5, 0.6) is 0 Å². The van der Waals surface area contributed by atoms with E-state index in [1.807, 2.05) is 12.3 Å². The number of pyridine rings is 1. The van der Waals surface area contributed by atoms with Crippen LogP contribution in [0, 0.1) is 0 Å². The Hall–Kier alpha value is -1.39. The van der Waals surface area contributed by atoms with Crippen LogP contribution in [0.3, 0.4) is 0 Å². The summed E-state index contributed by atoms with van der Waals surface area (Å²) in [5, 5.41) is 1.23. The number of nitrogens with zero attached hydrogens (tertiary/aromatic N) is 2. The van der Waals surface area contributed by atoms with Gasteiger partial charge in [0.05, 0.1) is 0 Å². The number of fused-ring (bicyclic) bond motifs is 1. The van der Waals surface area contributed by atoms with Gasteiger partial charge in [0.1, 0.15) is 5.65 Å². The Balaban J connectivity index is 1.80. The van der Waals surface area contributed by atoms with Gasteiger partial charge in [-0.3, -0.25) is 4.90 Å². The lowest BCUT2D eigenvalue weighted by Crippen LogP contribution is -2.42. The van der Waals surface area contributed by atoms with Gasteiger partial charge < -0.3 is 10.7 Å². The van der Waals surface area contributed by atoms with E-state index in [9.17, 15) is 0 Å². The highest BCUT2D eigenvalue weighted by atomic mass is 15.1. The number of nitrogens with two attached hydrogens (primary N) is 1. The highest BCUT2D eigenvalue weighted by Crippen LogP contribution is 2.19. The van der Waals surface area contributed by atoms with E-state index >= 15 is 0 Å². The molecule has 0 bridgehead atoms. The molecule has 1 unspecified atom stereocenters. The molecule has 17 heavy (non-hydrogen) atoms. The average molecular weight is 230 g/mol. The van der Waals surface area contributed by atoms with Crippen molar-refractivity contribution >= 4 is 11.0 Å². The van der Waals surface area contributed by atoms with Gasteiger partial charge in [0.15, 0.2) is 0 Å². The van der Waals surface area contributed by atoms with Crippen LogP contribution in [0.2, 0.25) is 0 Å². The Morgan fingerprint density at radius 2 is 2.47 bits per heavy atom. The number of nitrogens with one attached hydrogen (secondary N) is 1. The number of aromatic nitrogens is 2. The third-order valence-electron chi connectivity index (χ3n) is 3.47. The number of hydrogen-bond donors (Lipinski definition) is 2. The molecule has 90 valence electrons. The molecule has 2 aromatic heterocycles. The van der Waals surface area contributed by atoms with Crippen LogP contribution >= 0.6 is 0 Å². The van der Waals surface area contributed by atoms with Gasteiger partial charge >= 0.3 is 0 Å². The number of hydrogen-bond acceptors (Lipinski definition) is 3. The van der Waals surface area contributed by atoms with Crippen molar-refractivity contribution in [2.75, 3.05) is 13.1 Å². The van der Waals surface area contributed by atoms with Gasteiger partial charge in [0, 0.05) is 36.9 Å². The summed E-state index contributed by atoms with van der Waals surface area (Å²) in [6, 6.07) is 4.45. The summed E-state index contributed by atoms with van der Waals surface area (Å²) in [5.41, 5.74) is 8.30. The molecule has 1 aliphatic heterocycles. The summed E-state index contributed by atoms with van der Waals surface area (Å²) < 4.78 is 0. The Bertz CT molecular complexity index is 505. The lowest BCUT2D eigenvalue weighted by molar-refractivity contribution is 0.202. The molecule has 0 aromatic carbocycles. The van der Waals surface area contributed by atoms with Gasteiger partial charge in [-0.2, -0.15) is 0 Å². The summed E-state index contributed by atoms with van der Waals surface area (Å²) in [7, 11) is 0. The van der Waals surface area contributed by atoms with Gasteiger partial charge in [-0.25, -0.2) is 4.98 Å². The lowest BCUT2D eigenvalue weighted by atomic mass is 10.1. The standard InChI is InChI=1S/C13H18N4/c14-11-3-2-6-17(9-11)8-10-7-16-13-12(10)4-1-5-15-13/h1,4-5,7,11H,2-3,6,8-9,14H2,(H,15,16). The number of H-pyrrole nitrogens is 1. The third-order valence-corrected chi connectivity index (χ3v) is 3.47. The topological polar surface area (TPSA) is 57.9 Å². The van der Waals surface area contributed by atoms with Crippen LogP contribution in [0.25, 0.3) is 11.0 Å². The van der Waals surface area contributed by atoms with Crippen LogP contribution in [-0.2, 0) is 6.54 Å². The molecule has 1 fully saturated rings. The maximum Gasteiger partial charge on any atom is 0.137 e. The molecule has 3 rings (SSSR count). The van der Waals surface area contributed by atoms with E-state index in [2.05, 4.69) is 27.1 Å². The van der Waals surface area contributed by atoms with Crippen molar-refractivity contribution < 1.29 is 0 Å². The molecule has 4 heteroatoms. The van der Waals surface area contributed by atoms with E-state index in [-0.39, 0.29) is 0 Å². The van der Waals surface area contributed by atoms with Gasteiger partial charge in [0.2, 0.25) is 0 Å². The molecule has 1 saturated heterocycles. The molecule has 0 radical (unpaired) electrons. The average Bonchev–Trinajstić information content (AvgIpc) is 2.73. The number of rotatable bonds is 2. The molecule has 0 aliphatic carbocycles. The van der Waals surface area contributed by atoms with Gasteiger partial charge in [-0.05, 0) is 37.1 Å². The highest BCUT2D eigenvalue weighted by molar-refractivity contribution is 5.79. The summed E-state index contributed by atoms with van der Waals surface area (Å²) in [4.78, 5) is 9.97. The molecular weight excluding hydrogens is 212 g/mol. The van der Waals surface area contributed by atoms with Crippen LogP contribution in [0.1, 0.15) is 18.4 Å². The Morgan fingerprint density at radius 3 is 3.35 bits per heavy atom. The first-order chi connectivity index (χ1) is 8.33. The van der Waals surface area contributed by atoms with E-state index in [1.165, 1.54) is 17.4 Å². The van der Waals surface area contributed by atoms with Gasteiger partial charge in [-0.1, -0.05) is 0 Å². The van der Waals surface area contributed by atoms with E-state index in [1.54, 1.807) is 0 Å². The Morgan fingerprint density at radius 1 is 1.53 bits per heavy atom. The van der Waals surface area contributed by atoms with Crippen molar-refractivity contribution in [3.8, 4) is 0 Å². The molecule has 0 spiro atoms. The summed E-state index contributed by atoms with van der Waals surface area (Å²) >= 11 is 0. The van der Waals surface area contributed by atoms with E-state index in [0.717, 1.165) is 31.7 Å². The first-order valence-electron chi connectivity index (χ1n) is 6.22. The summed E-state index contributed by atoms with van der Waals surface area (Å²) in [6.45, 7) is 3.13. The van der Waals surface area contributed by atoms with Crippen molar-refractivity contribution in [2.24, 2.45) is 5.73 Å². The number of likely N-dealkylation sites (tertiary alicyclic amines) is 1. The van der Waals surface area contributed by atoms with Crippen LogP contribution in [0.4, 0.5) is 0 Å². The van der Waals surface area contributed by atoms with Gasteiger partial charge in [0.25, 0.3) is 0 Å². The smallest absolute Gasteiger partial charge is 0.137 e. The normalized spacial score (nSPS) is 22.1. The second kappa shape index (κ2) is 4.47. The van der Waals surface area contributed by atoms with Crippen molar-refractivity contribution in [1.82, 2.24) is 14.9 Å². The van der Waals surface area contributed by atoms with Crippen LogP contribution < -0.4 is 5.73 Å². The second-order valence-corrected chi connectivity index (χ2v) is 4.85. The fourth-order valence-corrected chi connectivity index (χ4v) is 2.62. The largest absolute Gasteiger partial charge is 0.346 e. The van der Waals surface area contributed by atoms with Crippen molar-refractivity contribution in [2.45, 2.75) is 25.4 Å². The van der Waals surface area contributed by atoms with E-state index < -0.39 is 0 Å². The molecule has 1 aliphatic rings. The molecule has 3 heterocycles. The fraction of sp³-hybridized carbons (Fsp3) is 0.462. The zero-order chi connectivity index (χ0) is 11.7. The SMILES string of the molecule is NC1CCCN(Cc2c[nH]c3ncccc23)C1. The van der Waals surface area contributed by atoms with Crippen molar-refractivity contribution in [1.29, 1.82) is 0 Å². The minimum absolute atomic E-state index is 0.340. The molecule has 1 atom stereocenters. The van der Waals surface area contributed by atoms with Gasteiger partial charge in [-0.15, -0.1) is 0 Å². The monoisotopic (exact) mass is 230 g/mol. The fourth-order valence-electron chi connectivity index (χ4n) is 2.62. The van der Waals surface area contributed by atoms with Crippen molar-refractivity contribution in [3.63, 3.8) is 0 Å². The Labute approximate surface area is 101 Å². The maximum atomic E-state index is 6.00. The molecule has 3 N–H and O–H groups in total. The molecule has 2 aromatic rings. The molecule has 4 nitrogen and oxygen atoms in total. The quantitative estimate of drug-likeness (QED) is 0.821. The first-order valence-corrected chi connectivity index (χ1v) is 6.22. The first kappa shape index (κ1) is 10.7. The predicted molar refractivity (Wildman–Crippen MR) is 68.6 cm³/mol. The number of aromatic amines is 1. The minimum atomic E-state index is 0.340. The zero-order valence-electron chi connectivity index (χ0n) is 9.89. The molecular formula is C13H18N4. The third kappa shape index (κ3) is 2.18. The van der Waals surface area contributed by atoms with Crippen molar-refractivity contribution in [3.05, 3.63) is 30.1 Å². The van der Waals surface area contributed by atoms with E-state index in [0.29, 0.717) is 6.04 Å². The minimum Gasteiger partial charge on any atom is -0.346 e. The Kier molecular flexibility index (Phi) is 2.82. The molecule has 0 saturated carbocycles. The van der Waals surface area contributed by atoms with Crippen LogP contribution in [-0.4, -0.2) is 34.0 Å². The molecule has 0 amide bonds. The second-order valence-electron chi connectivity index (χ2n) is 4.85. The van der Waals surface area contributed by atoms with Crippen LogP contribution in [0.15, 0.2) is 24.5 Å². The zero-order valence-corrected chi connectivity index (χ0v) is 9.89. The number of piperidine rings is 1. The summed E-state index contributed by atoms with van der Waals surface area (Å²) in [6.07, 6.45) is 6.25. The van der Waals surface area contributed by atoms with E-state index in [4.69, 9.17) is 5.73 Å². The predicted octanol–water partition coefficient (Wildman–Crippen LogP) is 1.49. The summed E-state index contributed by atoms with van der Waals surface area (Å²) in [5.74, 6) is 0. The highest BCUT2D eigenvalue weighted by Gasteiger charge is 2.17.